The summed E-state index contributed by atoms with van der Waals surface area (Å²) in [4.78, 5) is 14.3. The first-order chi connectivity index (χ1) is 10.3. The first-order valence-electron chi connectivity index (χ1n) is 7.38. The minimum absolute atomic E-state index is 0.120. The number of hydrogen-bond donors (Lipinski definition) is 1. The molecule has 2 aromatic carbocycles. The van der Waals surface area contributed by atoms with Crippen LogP contribution in [-0.4, -0.2) is 30.4 Å². The van der Waals surface area contributed by atoms with Gasteiger partial charge in [-0.25, -0.2) is 0 Å². The molecule has 0 saturated carbocycles. The standard InChI is InChI=1S/C18H20N2O/c19-11-16-12-20(13-16)18(21)17-8-4-7-15(10-17)9-14-5-2-1-3-6-14/h1-8,10,16H,9,11-13,19H2. The molecule has 3 heteroatoms. The van der Waals surface area contributed by atoms with Crippen molar-refractivity contribution in [2.24, 2.45) is 11.7 Å². The molecule has 0 bridgehead atoms. The monoisotopic (exact) mass is 280 g/mol. The highest BCUT2D eigenvalue weighted by Crippen LogP contribution is 2.19. The van der Waals surface area contributed by atoms with E-state index in [1.54, 1.807) is 0 Å². The van der Waals surface area contributed by atoms with Gasteiger partial charge in [-0.1, -0.05) is 42.5 Å². The van der Waals surface area contributed by atoms with Crippen molar-refractivity contribution in [3.05, 3.63) is 71.3 Å². The Morgan fingerprint density at radius 2 is 1.76 bits per heavy atom. The maximum atomic E-state index is 12.4. The molecule has 0 spiro atoms. The molecule has 0 atom stereocenters. The second kappa shape index (κ2) is 6.10. The number of benzene rings is 2. The molecule has 0 aromatic heterocycles. The summed E-state index contributed by atoms with van der Waals surface area (Å²) in [7, 11) is 0. The maximum Gasteiger partial charge on any atom is 0.253 e. The molecule has 0 unspecified atom stereocenters. The Kier molecular flexibility index (Phi) is 4.02. The molecule has 1 aliphatic heterocycles. The average molecular weight is 280 g/mol. The Morgan fingerprint density at radius 3 is 2.48 bits per heavy atom. The molecule has 1 saturated heterocycles. The maximum absolute atomic E-state index is 12.4. The third-order valence-corrected chi connectivity index (χ3v) is 4.00. The second-order valence-electron chi connectivity index (χ2n) is 5.67. The summed E-state index contributed by atoms with van der Waals surface area (Å²) in [6, 6.07) is 18.2. The number of hydrogen-bond acceptors (Lipinski definition) is 2. The van der Waals surface area contributed by atoms with Crippen molar-refractivity contribution in [3.8, 4) is 0 Å². The predicted molar refractivity (Wildman–Crippen MR) is 84.1 cm³/mol. The van der Waals surface area contributed by atoms with Gasteiger partial charge >= 0.3 is 0 Å². The van der Waals surface area contributed by atoms with Crippen molar-refractivity contribution >= 4 is 5.91 Å². The quantitative estimate of drug-likeness (QED) is 0.934. The highest BCUT2D eigenvalue weighted by Gasteiger charge is 2.29. The normalized spacial score (nSPS) is 14.8. The van der Waals surface area contributed by atoms with Gasteiger partial charge in [0.1, 0.15) is 0 Å². The lowest BCUT2D eigenvalue weighted by atomic mass is 9.98. The molecule has 1 fully saturated rings. The van der Waals surface area contributed by atoms with E-state index < -0.39 is 0 Å². The van der Waals surface area contributed by atoms with Gasteiger partial charge in [-0.3, -0.25) is 4.79 Å². The van der Waals surface area contributed by atoms with Crippen LogP contribution in [0.2, 0.25) is 0 Å². The summed E-state index contributed by atoms with van der Waals surface area (Å²) in [5, 5.41) is 0. The van der Waals surface area contributed by atoms with Crippen LogP contribution in [-0.2, 0) is 6.42 Å². The van der Waals surface area contributed by atoms with Crippen LogP contribution in [0.15, 0.2) is 54.6 Å². The van der Waals surface area contributed by atoms with E-state index >= 15 is 0 Å². The molecule has 2 N–H and O–H groups in total. The Bertz CT molecular complexity index is 618. The number of nitrogens with zero attached hydrogens (tertiary/aromatic N) is 1. The minimum Gasteiger partial charge on any atom is -0.338 e. The van der Waals surface area contributed by atoms with Gasteiger partial charge in [0.25, 0.3) is 5.91 Å². The van der Waals surface area contributed by atoms with Crippen LogP contribution in [0.3, 0.4) is 0 Å². The van der Waals surface area contributed by atoms with E-state index in [4.69, 9.17) is 5.73 Å². The molecule has 2 aromatic rings. The van der Waals surface area contributed by atoms with Gasteiger partial charge in [0.05, 0.1) is 0 Å². The number of nitrogens with two attached hydrogens (primary N) is 1. The van der Waals surface area contributed by atoms with Crippen molar-refractivity contribution in [2.75, 3.05) is 19.6 Å². The number of amides is 1. The fraction of sp³-hybridized carbons (Fsp3) is 0.278. The van der Waals surface area contributed by atoms with Crippen molar-refractivity contribution in [1.82, 2.24) is 4.90 Å². The zero-order valence-corrected chi connectivity index (χ0v) is 12.0. The summed E-state index contributed by atoms with van der Waals surface area (Å²) in [5.41, 5.74) is 8.81. The van der Waals surface area contributed by atoms with Crippen molar-refractivity contribution in [3.63, 3.8) is 0 Å². The van der Waals surface area contributed by atoms with Crippen molar-refractivity contribution < 1.29 is 4.79 Å². The van der Waals surface area contributed by atoms with Crippen LogP contribution >= 0.6 is 0 Å². The molecule has 0 radical (unpaired) electrons. The largest absolute Gasteiger partial charge is 0.338 e. The van der Waals surface area contributed by atoms with E-state index in [9.17, 15) is 4.79 Å². The van der Waals surface area contributed by atoms with Crippen LogP contribution in [0.25, 0.3) is 0 Å². The van der Waals surface area contributed by atoms with Gasteiger partial charge < -0.3 is 10.6 Å². The lowest BCUT2D eigenvalue weighted by Crippen LogP contribution is -2.52. The number of likely N-dealkylation sites (tertiary alicyclic amines) is 1. The first-order valence-corrected chi connectivity index (χ1v) is 7.38. The third-order valence-electron chi connectivity index (χ3n) is 4.00. The Balaban J connectivity index is 1.70. The van der Waals surface area contributed by atoms with Gasteiger partial charge in [-0.15, -0.1) is 0 Å². The van der Waals surface area contributed by atoms with Crippen molar-refractivity contribution in [2.45, 2.75) is 6.42 Å². The summed E-state index contributed by atoms with van der Waals surface area (Å²) in [6.45, 7) is 2.24. The summed E-state index contributed by atoms with van der Waals surface area (Å²) >= 11 is 0. The average Bonchev–Trinajstić information content (AvgIpc) is 2.47. The molecule has 1 aliphatic rings. The molecule has 108 valence electrons. The zero-order chi connectivity index (χ0) is 14.7. The van der Waals surface area contributed by atoms with Gasteiger partial charge in [0.2, 0.25) is 0 Å². The van der Waals surface area contributed by atoms with Gasteiger partial charge in [0, 0.05) is 24.6 Å². The fourth-order valence-electron chi connectivity index (χ4n) is 2.71. The molecule has 21 heavy (non-hydrogen) atoms. The fourth-order valence-corrected chi connectivity index (χ4v) is 2.71. The minimum atomic E-state index is 0.120. The lowest BCUT2D eigenvalue weighted by Gasteiger charge is -2.38. The smallest absolute Gasteiger partial charge is 0.253 e. The van der Waals surface area contributed by atoms with E-state index in [0.29, 0.717) is 12.5 Å². The SMILES string of the molecule is NCC1CN(C(=O)c2cccc(Cc3ccccc3)c2)C1. The summed E-state index contributed by atoms with van der Waals surface area (Å²) < 4.78 is 0. The van der Waals surface area contributed by atoms with E-state index in [0.717, 1.165) is 25.1 Å². The lowest BCUT2D eigenvalue weighted by molar-refractivity contribution is 0.0515. The Hall–Kier alpha value is -2.13. The highest BCUT2D eigenvalue weighted by molar-refractivity contribution is 5.94. The number of carbonyl (C=O) groups is 1. The Labute approximate surface area is 125 Å². The molecule has 3 rings (SSSR count). The van der Waals surface area contributed by atoms with Crippen LogP contribution in [0.5, 0.6) is 0 Å². The third kappa shape index (κ3) is 3.14. The van der Waals surface area contributed by atoms with Gasteiger partial charge in [0.15, 0.2) is 0 Å². The number of rotatable bonds is 4. The van der Waals surface area contributed by atoms with E-state index in [2.05, 4.69) is 18.2 Å². The molecule has 1 amide bonds. The van der Waals surface area contributed by atoms with E-state index in [1.807, 2.05) is 41.3 Å². The first kappa shape index (κ1) is 13.8. The van der Waals surface area contributed by atoms with Crippen molar-refractivity contribution in [1.29, 1.82) is 0 Å². The molecular formula is C18H20N2O. The van der Waals surface area contributed by atoms with E-state index in [-0.39, 0.29) is 5.91 Å². The van der Waals surface area contributed by atoms with Gasteiger partial charge in [-0.05, 0) is 36.2 Å². The zero-order valence-electron chi connectivity index (χ0n) is 12.0. The highest BCUT2D eigenvalue weighted by atomic mass is 16.2. The molecule has 1 heterocycles. The molecular weight excluding hydrogens is 260 g/mol. The summed E-state index contributed by atoms with van der Waals surface area (Å²) in [5.74, 6) is 0.594. The number of carbonyl (C=O) groups excluding carboxylic acids is 1. The van der Waals surface area contributed by atoms with Gasteiger partial charge in [-0.2, -0.15) is 0 Å². The van der Waals surface area contributed by atoms with Crippen LogP contribution in [0.4, 0.5) is 0 Å². The predicted octanol–water partition coefficient (Wildman–Crippen LogP) is 2.31. The van der Waals surface area contributed by atoms with Crippen LogP contribution in [0.1, 0.15) is 21.5 Å². The second-order valence-corrected chi connectivity index (χ2v) is 5.67. The topological polar surface area (TPSA) is 46.3 Å². The van der Waals surface area contributed by atoms with Crippen LogP contribution in [0, 0.1) is 5.92 Å². The molecule has 3 nitrogen and oxygen atoms in total. The molecule has 0 aliphatic carbocycles. The summed E-state index contributed by atoms with van der Waals surface area (Å²) in [6.07, 6.45) is 0.855. The Morgan fingerprint density at radius 1 is 1.05 bits per heavy atom. The van der Waals surface area contributed by atoms with E-state index in [1.165, 1.54) is 11.1 Å². The van der Waals surface area contributed by atoms with Crippen LogP contribution < -0.4 is 5.73 Å².